The van der Waals surface area contributed by atoms with Gasteiger partial charge in [0.1, 0.15) is 0 Å². The number of hydrogen-bond donors (Lipinski definition) is 1. The molecule has 0 aliphatic carbocycles. The minimum absolute atomic E-state index is 0.247. The molecule has 0 radical (unpaired) electrons. The van der Waals surface area contributed by atoms with Gasteiger partial charge in [-0.05, 0) is 28.9 Å². The molecule has 5 nitrogen and oxygen atoms in total. The van der Waals surface area contributed by atoms with E-state index in [0.29, 0.717) is 28.3 Å². The van der Waals surface area contributed by atoms with Crippen LogP contribution >= 0.6 is 15.9 Å². The fourth-order valence-electron chi connectivity index (χ4n) is 1.44. The average Bonchev–Trinajstić information content (AvgIpc) is 2.30. The Hall–Kier alpha value is -1.43. The summed E-state index contributed by atoms with van der Waals surface area (Å²) in [6.45, 7) is 2.19. The number of carbonyl (C=O) groups is 1. The summed E-state index contributed by atoms with van der Waals surface area (Å²) in [7, 11) is 2.97. The molecule has 1 aromatic carbocycles. The quantitative estimate of drug-likeness (QED) is 0.902. The SMILES string of the molecule is CCOc1c(C(N)=O)cc(Br)c(OC)c1OC. The molecular formula is C11H14BrNO4. The maximum atomic E-state index is 11.3. The number of hydrogen-bond acceptors (Lipinski definition) is 4. The predicted octanol–water partition coefficient (Wildman–Crippen LogP) is 1.96. The van der Waals surface area contributed by atoms with E-state index in [1.165, 1.54) is 14.2 Å². The first-order chi connectivity index (χ1) is 8.06. The minimum Gasteiger partial charge on any atom is -0.492 e. The molecule has 1 aromatic rings. The van der Waals surface area contributed by atoms with Crippen LogP contribution in [0.25, 0.3) is 0 Å². The normalized spacial score (nSPS) is 9.88. The van der Waals surface area contributed by atoms with Crippen LogP contribution < -0.4 is 19.9 Å². The van der Waals surface area contributed by atoms with E-state index in [4.69, 9.17) is 19.9 Å². The molecule has 0 aliphatic heterocycles. The van der Waals surface area contributed by atoms with E-state index in [-0.39, 0.29) is 5.56 Å². The second kappa shape index (κ2) is 5.77. The van der Waals surface area contributed by atoms with E-state index in [0.717, 1.165) is 0 Å². The molecule has 2 N–H and O–H groups in total. The lowest BCUT2D eigenvalue weighted by atomic mass is 10.1. The van der Waals surface area contributed by atoms with E-state index in [1.807, 2.05) is 0 Å². The highest BCUT2D eigenvalue weighted by Gasteiger charge is 2.22. The molecule has 1 rings (SSSR count). The number of rotatable bonds is 5. The van der Waals surface area contributed by atoms with Crippen LogP contribution in [0, 0.1) is 0 Å². The van der Waals surface area contributed by atoms with Gasteiger partial charge in [0, 0.05) is 0 Å². The monoisotopic (exact) mass is 303 g/mol. The zero-order valence-corrected chi connectivity index (χ0v) is 11.5. The van der Waals surface area contributed by atoms with Gasteiger partial charge >= 0.3 is 0 Å². The Bertz CT molecular complexity index is 434. The van der Waals surface area contributed by atoms with Crippen molar-refractivity contribution in [2.75, 3.05) is 20.8 Å². The highest BCUT2D eigenvalue weighted by molar-refractivity contribution is 9.10. The molecule has 0 fully saturated rings. The topological polar surface area (TPSA) is 70.8 Å². The zero-order valence-electron chi connectivity index (χ0n) is 9.87. The van der Waals surface area contributed by atoms with Crippen LogP contribution in [0.3, 0.4) is 0 Å². The Kier molecular flexibility index (Phi) is 4.62. The Labute approximate surface area is 108 Å². The summed E-state index contributed by atoms with van der Waals surface area (Å²) in [5.74, 6) is 0.510. The van der Waals surface area contributed by atoms with Crippen LogP contribution in [-0.4, -0.2) is 26.7 Å². The summed E-state index contributed by atoms with van der Waals surface area (Å²) >= 11 is 3.28. The van der Waals surface area contributed by atoms with Crippen molar-refractivity contribution in [2.45, 2.75) is 6.92 Å². The Morgan fingerprint density at radius 2 is 1.88 bits per heavy atom. The molecule has 6 heteroatoms. The number of nitrogens with two attached hydrogens (primary N) is 1. The first kappa shape index (κ1) is 13.6. The zero-order chi connectivity index (χ0) is 13.0. The second-order valence-corrected chi connectivity index (χ2v) is 3.95. The number of methoxy groups -OCH3 is 2. The largest absolute Gasteiger partial charge is 0.492 e. The standard InChI is InChI=1S/C11H14BrNO4/c1-4-17-8-6(11(13)14)5-7(12)9(15-2)10(8)16-3/h5H,4H2,1-3H3,(H2,13,14). The van der Waals surface area contributed by atoms with Crippen LogP contribution in [0.2, 0.25) is 0 Å². The van der Waals surface area contributed by atoms with Crippen molar-refractivity contribution in [3.63, 3.8) is 0 Å². The highest BCUT2D eigenvalue weighted by Crippen LogP contribution is 2.44. The molecule has 0 unspecified atom stereocenters. The maximum Gasteiger partial charge on any atom is 0.252 e. The van der Waals surface area contributed by atoms with E-state index < -0.39 is 5.91 Å². The third-order valence-corrected chi connectivity index (χ3v) is 2.70. The van der Waals surface area contributed by atoms with Gasteiger partial charge in [-0.3, -0.25) is 4.79 Å². The summed E-state index contributed by atoms with van der Waals surface area (Å²) in [5.41, 5.74) is 5.54. The Morgan fingerprint density at radius 1 is 1.29 bits per heavy atom. The van der Waals surface area contributed by atoms with Crippen LogP contribution in [0.5, 0.6) is 17.2 Å². The van der Waals surface area contributed by atoms with Gasteiger partial charge in [-0.2, -0.15) is 0 Å². The Morgan fingerprint density at radius 3 is 2.29 bits per heavy atom. The average molecular weight is 304 g/mol. The lowest BCUT2D eigenvalue weighted by molar-refractivity contribution is 0.0995. The summed E-state index contributed by atoms with van der Waals surface area (Å²) in [6, 6.07) is 1.55. The number of carbonyl (C=O) groups excluding carboxylic acids is 1. The third-order valence-electron chi connectivity index (χ3n) is 2.11. The van der Waals surface area contributed by atoms with Gasteiger partial charge in [0.2, 0.25) is 5.75 Å². The molecular weight excluding hydrogens is 290 g/mol. The first-order valence-electron chi connectivity index (χ1n) is 4.93. The highest BCUT2D eigenvalue weighted by atomic mass is 79.9. The predicted molar refractivity (Wildman–Crippen MR) is 66.9 cm³/mol. The molecule has 0 saturated heterocycles. The molecule has 0 aromatic heterocycles. The second-order valence-electron chi connectivity index (χ2n) is 3.10. The van der Waals surface area contributed by atoms with Crippen molar-refractivity contribution in [1.82, 2.24) is 0 Å². The lowest BCUT2D eigenvalue weighted by Gasteiger charge is -2.16. The van der Waals surface area contributed by atoms with Crippen molar-refractivity contribution in [3.05, 3.63) is 16.1 Å². The van der Waals surface area contributed by atoms with Gasteiger partial charge in [0.05, 0.1) is 30.9 Å². The summed E-state index contributed by atoms with van der Waals surface area (Å²) in [4.78, 5) is 11.3. The van der Waals surface area contributed by atoms with Crippen LogP contribution in [-0.2, 0) is 0 Å². The summed E-state index contributed by atoms with van der Waals surface area (Å²) in [5, 5.41) is 0. The number of primary amides is 1. The van der Waals surface area contributed by atoms with Crippen LogP contribution in [0.1, 0.15) is 17.3 Å². The van der Waals surface area contributed by atoms with Crippen molar-refractivity contribution in [2.24, 2.45) is 5.73 Å². The summed E-state index contributed by atoms with van der Waals surface area (Å²) < 4.78 is 16.4. The fourth-order valence-corrected chi connectivity index (χ4v) is 2.01. The van der Waals surface area contributed by atoms with Crippen molar-refractivity contribution in [3.8, 4) is 17.2 Å². The number of halogens is 1. The fraction of sp³-hybridized carbons (Fsp3) is 0.364. The maximum absolute atomic E-state index is 11.3. The number of amides is 1. The Balaban J connectivity index is 3.52. The van der Waals surface area contributed by atoms with Gasteiger partial charge in [-0.25, -0.2) is 0 Å². The van der Waals surface area contributed by atoms with Gasteiger partial charge in [0.25, 0.3) is 5.91 Å². The van der Waals surface area contributed by atoms with Gasteiger partial charge < -0.3 is 19.9 Å². The molecule has 0 atom stereocenters. The van der Waals surface area contributed by atoms with Crippen LogP contribution in [0.4, 0.5) is 0 Å². The molecule has 0 heterocycles. The first-order valence-corrected chi connectivity index (χ1v) is 5.73. The van der Waals surface area contributed by atoms with Crippen LogP contribution in [0.15, 0.2) is 10.5 Å². The minimum atomic E-state index is -0.588. The molecule has 0 bridgehead atoms. The number of benzene rings is 1. The number of ether oxygens (including phenoxy) is 3. The van der Waals surface area contributed by atoms with Gasteiger partial charge in [0.15, 0.2) is 11.5 Å². The van der Waals surface area contributed by atoms with E-state index >= 15 is 0 Å². The van der Waals surface area contributed by atoms with E-state index in [2.05, 4.69) is 15.9 Å². The summed E-state index contributed by atoms with van der Waals surface area (Å²) in [6.07, 6.45) is 0. The molecule has 94 valence electrons. The molecule has 17 heavy (non-hydrogen) atoms. The smallest absolute Gasteiger partial charge is 0.252 e. The van der Waals surface area contributed by atoms with Crippen molar-refractivity contribution >= 4 is 21.8 Å². The molecule has 1 amide bonds. The van der Waals surface area contributed by atoms with Gasteiger partial charge in [-0.1, -0.05) is 0 Å². The van der Waals surface area contributed by atoms with E-state index in [1.54, 1.807) is 13.0 Å². The molecule has 0 saturated carbocycles. The molecule has 0 aliphatic rings. The third kappa shape index (κ3) is 2.63. The lowest BCUT2D eigenvalue weighted by Crippen LogP contribution is -2.14. The van der Waals surface area contributed by atoms with Crippen molar-refractivity contribution < 1.29 is 19.0 Å². The van der Waals surface area contributed by atoms with E-state index in [9.17, 15) is 4.79 Å². The van der Waals surface area contributed by atoms with Crippen molar-refractivity contribution in [1.29, 1.82) is 0 Å². The molecule has 0 spiro atoms. The van der Waals surface area contributed by atoms with Gasteiger partial charge in [-0.15, -0.1) is 0 Å².